The van der Waals surface area contributed by atoms with E-state index in [2.05, 4.69) is 14.9 Å². The van der Waals surface area contributed by atoms with Crippen LogP contribution in [0.5, 0.6) is 0 Å². The molecule has 88 valence electrons. The van der Waals surface area contributed by atoms with Crippen LogP contribution in [0.25, 0.3) is 11.0 Å². The van der Waals surface area contributed by atoms with E-state index in [4.69, 9.17) is 4.74 Å². The van der Waals surface area contributed by atoms with Crippen LogP contribution in [0.4, 0.5) is 4.79 Å². The molecule has 17 heavy (non-hydrogen) atoms. The lowest BCUT2D eigenvalue weighted by Crippen LogP contribution is -2.21. The van der Waals surface area contributed by atoms with Crippen molar-refractivity contribution in [2.75, 3.05) is 6.54 Å². The Balaban J connectivity index is 1.94. The van der Waals surface area contributed by atoms with Crippen molar-refractivity contribution in [3.8, 4) is 0 Å². The minimum absolute atomic E-state index is 0.112. The van der Waals surface area contributed by atoms with Gasteiger partial charge in [0.1, 0.15) is 11.9 Å². The summed E-state index contributed by atoms with van der Waals surface area (Å²) in [4.78, 5) is 15.4. The summed E-state index contributed by atoms with van der Waals surface area (Å²) in [6, 6.07) is 7.96. The fourth-order valence-electron chi connectivity index (χ4n) is 2.16. The van der Waals surface area contributed by atoms with Gasteiger partial charge in [0.05, 0.1) is 24.1 Å². The summed E-state index contributed by atoms with van der Waals surface area (Å²) >= 11 is 0. The zero-order valence-corrected chi connectivity index (χ0v) is 9.51. The summed E-state index contributed by atoms with van der Waals surface area (Å²) in [5.41, 5.74) is 2.05. The van der Waals surface area contributed by atoms with Crippen LogP contribution in [-0.2, 0) is 11.3 Å². The number of aryl methyl sites for hydroxylation is 1. The largest absolute Gasteiger partial charge is 0.442 e. The smallest absolute Gasteiger partial charge is 0.407 e. The van der Waals surface area contributed by atoms with E-state index in [1.807, 2.05) is 31.2 Å². The van der Waals surface area contributed by atoms with Crippen LogP contribution in [0, 0.1) is 6.92 Å². The second-order valence-corrected chi connectivity index (χ2v) is 4.17. The fraction of sp³-hybridized carbons (Fsp3) is 0.333. The van der Waals surface area contributed by atoms with Crippen molar-refractivity contribution in [3.05, 3.63) is 30.1 Å². The minimum Gasteiger partial charge on any atom is -0.442 e. The molecule has 1 fully saturated rings. The standard InChI is InChI=1S/C12H13N3O2/c1-8-14-10-4-2-3-5-11(10)15(8)7-9-6-13-12(16)17-9/h2-5,9H,6-7H2,1H3,(H,13,16). The Hall–Kier alpha value is -2.04. The van der Waals surface area contributed by atoms with Gasteiger partial charge in [0.15, 0.2) is 0 Å². The summed E-state index contributed by atoms with van der Waals surface area (Å²) in [6.07, 6.45) is -0.448. The van der Waals surface area contributed by atoms with Crippen LogP contribution in [-0.4, -0.2) is 28.3 Å². The summed E-state index contributed by atoms with van der Waals surface area (Å²) in [7, 11) is 0. The third-order valence-electron chi connectivity index (χ3n) is 2.98. The van der Waals surface area contributed by atoms with Gasteiger partial charge in [-0.15, -0.1) is 0 Å². The van der Waals surface area contributed by atoms with Crippen molar-refractivity contribution < 1.29 is 9.53 Å². The number of nitrogens with one attached hydrogen (secondary N) is 1. The van der Waals surface area contributed by atoms with Gasteiger partial charge in [-0.3, -0.25) is 0 Å². The van der Waals surface area contributed by atoms with Crippen LogP contribution in [0.15, 0.2) is 24.3 Å². The maximum absolute atomic E-state index is 11.0. The van der Waals surface area contributed by atoms with E-state index in [9.17, 15) is 4.79 Å². The Bertz CT molecular complexity index is 576. The number of nitrogens with zero attached hydrogens (tertiary/aromatic N) is 2. The average Bonchev–Trinajstić information content (AvgIpc) is 2.85. The highest BCUT2D eigenvalue weighted by Gasteiger charge is 2.23. The van der Waals surface area contributed by atoms with E-state index >= 15 is 0 Å². The summed E-state index contributed by atoms with van der Waals surface area (Å²) in [6.45, 7) is 3.17. The monoisotopic (exact) mass is 231 g/mol. The molecule has 3 rings (SSSR count). The Morgan fingerprint density at radius 3 is 3.12 bits per heavy atom. The lowest BCUT2D eigenvalue weighted by Gasteiger charge is -2.11. The van der Waals surface area contributed by atoms with Gasteiger partial charge in [-0.05, 0) is 19.1 Å². The van der Waals surface area contributed by atoms with Crippen LogP contribution < -0.4 is 5.32 Å². The van der Waals surface area contributed by atoms with Crippen molar-refractivity contribution in [1.29, 1.82) is 0 Å². The minimum atomic E-state index is -0.336. The van der Waals surface area contributed by atoms with Gasteiger partial charge in [-0.1, -0.05) is 12.1 Å². The number of carbonyl (C=O) groups is 1. The van der Waals surface area contributed by atoms with Crippen molar-refractivity contribution in [1.82, 2.24) is 14.9 Å². The number of amides is 1. The molecule has 5 nitrogen and oxygen atoms in total. The van der Waals surface area contributed by atoms with Crippen LogP contribution in [0.1, 0.15) is 5.82 Å². The molecule has 2 heterocycles. The maximum Gasteiger partial charge on any atom is 0.407 e. The molecule has 0 radical (unpaired) electrons. The zero-order valence-electron chi connectivity index (χ0n) is 9.51. The molecule has 1 atom stereocenters. The van der Waals surface area contributed by atoms with Crippen molar-refractivity contribution in [2.24, 2.45) is 0 Å². The number of fused-ring (bicyclic) bond motifs is 1. The third kappa shape index (κ3) is 1.73. The molecular formula is C12H13N3O2. The predicted octanol–water partition coefficient (Wildman–Crippen LogP) is 1.45. The maximum atomic E-state index is 11.0. The number of carbonyl (C=O) groups excluding carboxylic acids is 1. The molecule has 1 N–H and O–H groups in total. The number of para-hydroxylation sites is 2. The van der Waals surface area contributed by atoms with Crippen molar-refractivity contribution in [3.63, 3.8) is 0 Å². The van der Waals surface area contributed by atoms with Gasteiger partial charge in [0, 0.05) is 0 Å². The Morgan fingerprint density at radius 1 is 1.53 bits per heavy atom. The predicted molar refractivity (Wildman–Crippen MR) is 62.7 cm³/mol. The lowest BCUT2D eigenvalue weighted by molar-refractivity contribution is 0.131. The van der Waals surface area contributed by atoms with Crippen LogP contribution in [0.3, 0.4) is 0 Å². The number of hydrogen-bond donors (Lipinski definition) is 1. The van der Waals surface area contributed by atoms with E-state index in [-0.39, 0.29) is 12.2 Å². The van der Waals surface area contributed by atoms with E-state index < -0.39 is 0 Å². The second kappa shape index (κ2) is 3.76. The van der Waals surface area contributed by atoms with E-state index in [0.29, 0.717) is 13.1 Å². The summed E-state index contributed by atoms with van der Waals surface area (Å²) < 4.78 is 7.22. The Labute approximate surface area is 98.4 Å². The number of ether oxygens (including phenoxy) is 1. The highest BCUT2D eigenvalue weighted by atomic mass is 16.6. The molecule has 1 unspecified atom stereocenters. The first-order valence-corrected chi connectivity index (χ1v) is 5.60. The number of benzene rings is 1. The first kappa shape index (κ1) is 10.1. The highest BCUT2D eigenvalue weighted by Crippen LogP contribution is 2.17. The normalized spacial score (nSPS) is 19.4. The van der Waals surface area contributed by atoms with E-state index in [1.165, 1.54) is 0 Å². The average molecular weight is 231 g/mol. The molecule has 0 spiro atoms. The molecule has 1 aliphatic rings. The molecule has 0 saturated carbocycles. The zero-order chi connectivity index (χ0) is 11.8. The number of imidazole rings is 1. The topological polar surface area (TPSA) is 56.2 Å². The number of hydrogen-bond acceptors (Lipinski definition) is 3. The molecule has 2 aromatic rings. The van der Waals surface area contributed by atoms with Gasteiger partial charge in [0.2, 0.25) is 0 Å². The molecule has 0 bridgehead atoms. The Morgan fingerprint density at radius 2 is 2.35 bits per heavy atom. The quantitative estimate of drug-likeness (QED) is 0.851. The van der Waals surface area contributed by atoms with E-state index in [0.717, 1.165) is 16.9 Å². The molecule has 0 aliphatic carbocycles. The first-order chi connectivity index (χ1) is 8.24. The fourth-order valence-corrected chi connectivity index (χ4v) is 2.16. The second-order valence-electron chi connectivity index (χ2n) is 4.17. The molecule has 1 saturated heterocycles. The first-order valence-electron chi connectivity index (χ1n) is 5.60. The van der Waals surface area contributed by atoms with Crippen LogP contribution >= 0.6 is 0 Å². The van der Waals surface area contributed by atoms with Crippen LogP contribution in [0.2, 0.25) is 0 Å². The van der Waals surface area contributed by atoms with Gasteiger partial charge < -0.3 is 14.6 Å². The van der Waals surface area contributed by atoms with Crippen molar-refractivity contribution in [2.45, 2.75) is 19.6 Å². The summed E-state index contributed by atoms with van der Waals surface area (Å²) in [5, 5.41) is 2.65. The van der Waals surface area contributed by atoms with Gasteiger partial charge in [0.25, 0.3) is 0 Å². The third-order valence-corrected chi connectivity index (χ3v) is 2.98. The van der Waals surface area contributed by atoms with Gasteiger partial charge in [-0.25, -0.2) is 9.78 Å². The molecule has 1 aliphatic heterocycles. The van der Waals surface area contributed by atoms with Gasteiger partial charge >= 0.3 is 6.09 Å². The molecule has 5 heteroatoms. The summed E-state index contributed by atoms with van der Waals surface area (Å²) in [5.74, 6) is 0.939. The molecule has 1 aromatic carbocycles. The molecule has 1 amide bonds. The SMILES string of the molecule is Cc1nc2ccccc2n1CC1CNC(=O)O1. The molecular weight excluding hydrogens is 218 g/mol. The molecule has 1 aromatic heterocycles. The highest BCUT2D eigenvalue weighted by molar-refractivity contribution is 5.76. The van der Waals surface area contributed by atoms with E-state index in [1.54, 1.807) is 0 Å². The Kier molecular flexibility index (Phi) is 2.24. The number of alkyl carbamates (subject to hydrolysis) is 1. The lowest BCUT2D eigenvalue weighted by atomic mass is 10.3. The number of aromatic nitrogens is 2. The van der Waals surface area contributed by atoms with Gasteiger partial charge in [-0.2, -0.15) is 0 Å². The number of cyclic esters (lactones) is 1. The van der Waals surface area contributed by atoms with Crippen molar-refractivity contribution >= 4 is 17.1 Å². The number of rotatable bonds is 2.